The van der Waals surface area contributed by atoms with E-state index in [2.05, 4.69) is 54.5 Å². The number of ether oxygens (including phenoxy) is 1. The Balaban J connectivity index is 1.49. The molecule has 0 bridgehead atoms. The number of hydrogen-bond donors (Lipinski definition) is 1. The highest BCUT2D eigenvalue weighted by Crippen LogP contribution is 2.70. The number of methoxy groups -OCH3 is 1. The first-order valence-electron chi connectivity index (χ1n) is 14.2. The summed E-state index contributed by atoms with van der Waals surface area (Å²) in [6, 6.07) is 0. The standard InChI is InChI=1S/C31H52O2/c1-27(2)22-11-9-20-19-29(5)16-13-23-28(3,4)26(33-8)15-18-31(23,7)24(29)12-10-21(20)30(22,6)17-14-25(27)32/h9,21-26,32H,10-19H2,1-8H3/t21-,22-,23+,24+,25-,26+,29+,30-,31-/m1/s1. The van der Waals surface area contributed by atoms with E-state index < -0.39 is 0 Å². The fourth-order valence-electron chi connectivity index (χ4n) is 11.3. The normalized spacial score (nSPS) is 52.9. The van der Waals surface area contributed by atoms with Crippen molar-refractivity contribution in [3.05, 3.63) is 11.6 Å². The molecule has 0 aromatic carbocycles. The first-order valence-corrected chi connectivity index (χ1v) is 14.2. The summed E-state index contributed by atoms with van der Waals surface area (Å²) < 4.78 is 6.03. The van der Waals surface area contributed by atoms with Crippen LogP contribution in [0.5, 0.6) is 0 Å². The van der Waals surface area contributed by atoms with Gasteiger partial charge >= 0.3 is 0 Å². The minimum absolute atomic E-state index is 0.0254. The summed E-state index contributed by atoms with van der Waals surface area (Å²) in [7, 11) is 1.94. The van der Waals surface area contributed by atoms with Gasteiger partial charge in [0.1, 0.15) is 0 Å². The summed E-state index contributed by atoms with van der Waals surface area (Å²) in [5, 5.41) is 10.9. The van der Waals surface area contributed by atoms with E-state index in [0.29, 0.717) is 28.3 Å². The van der Waals surface area contributed by atoms with Gasteiger partial charge in [-0.25, -0.2) is 0 Å². The molecule has 188 valence electrons. The minimum Gasteiger partial charge on any atom is -0.393 e. The van der Waals surface area contributed by atoms with Gasteiger partial charge < -0.3 is 9.84 Å². The molecule has 0 aromatic rings. The van der Waals surface area contributed by atoms with Crippen LogP contribution < -0.4 is 0 Å². The summed E-state index contributed by atoms with van der Waals surface area (Å²) in [6.45, 7) is 17.7. The van der Waals surface area contributed by atoms with E-state index in [9.17, 15) is 5.11 Å². The van der Waals surface area contributed by atoms with Crippen LogP contribution in [0.3, 0.4) is 0 Å². The monoisotopic (exact) mass is 456 g/mol. The molecule has 9 atom stereocenters. The zero-order chi connectivity index (χ0) is 24.0. The zero-order valence-corrected chi connectivity index (χ0v) is 23.0. The molecular formula is C31H52O2. The third-order valence-electron chi connectivity index (χ3n) is 13.1. The third kappa shape index (κ3) is 3.24. The molecule has 4 saturated carbocycles. The maximum Gasteiger partial charge on any atom is 0.0625 e. The van der Waals surface area contributed by atoms with Gasteiger partial charge in [-0.2, -0.15) is 0 Å². The van der Waals surface area contributed by atoms with Gasteiger partial charge in [-0.3, -0.25) is 0 Å². The SMILES string of the molecule is CO[C@H]1CC[C@]2(C)[C@@H](CC[C@@]3(C)CC4=CC[C@@H]5C(C)(C)[C@H](O)CC[C@]5(C)[C@@H]4CC[C@@H]32)C1(C)C. The van der Waals surface area contributed by atoms with Crippen molar-refractivity contribution in [3.63, 3.8) is 0 Å². The highest BCUT2D eigenvalue weighted by Gasteiger charge is 2.63. The molecule has 0 heterocycles. The number of aliphatic hydroxyl groups excluding tert-OH is 1. The van der Waals surface area contributed by atoms with Gasteiger partial charge in [0.05, 0.1) is 12.2 Å². The second-order valence-corrected chi connectivity index (χ2v) is 15.1. The van der Waals surface area contributed by atoms with E-state index >= 15 is 0 Å². The van der Waals surface area contributed by atoms with Gasteiger partial charge in [0.25, 0.3) is 0 Å². The molecule has 0 unspecified atom stereocenters. The van der Waals surface area contributed by atoms with Gasteiger partial charge in [0.2, 0.25) is 0 Å². The molecule has 0 spiro atoms. The fraction of sp³-hybridized carbons (Fsp3) is 0.935. The number of aliphatic hydroxyl groups is 1. The van der Waals surface area contributed by atoms with E-state index in [0.717, 1.165) is 24.2 Å². The predicted molar refractivity (Wildman–Crippen MR) is 137 cm³/mol. The van der Waals surface area contributed by atoms with Gasteiger partial charge in [-0.05, 0) is 115 Å². The first kappa shape index (κ1) is 24.4. The number of fused-ring (bicyclic) bond motifs is 6. The molecule has 33 heavy (non-hydrogen) atoms. The van der Waals surface area contributed by atoms with Crippen molar-refractivity contribution in [2.24, 2.45) is 50.7 Å². The van der Waals surface area contributed by atoms with E-state index in [-0.39, 0.29) is 16.9 Å². The summed E-state index contributed by atoms with van der Waals surface area (Å²) in [5.41, 5.74) is 3.32. The van der Waals surface area contributed by atoms with E-state index in [1.807, 2.05) is 7.11 Å². The molecule has 5 aliphatic rings. The maximum atomic E-state index is 10.9. The third-order valence-corrected chi connectivity index (χ3v) is 13.1. The predicted octanol–water partition coefficient (Wildman–Crippen LogP) is 7.79. The molecule has 5 rings (SSSR count). The van der Waals surface area contributed by atoms with E-state index in [1.165, 1.54) is 57.8 Å². The number of allylic oxidation sites excluding steroid dienone is 2. The highest BCUT2D eigenvalue weighted by molar-refractivity contribution is 5.25. The first-order chi connectivity index (χ1) is 15.3. The largest absolute Gasteiger partial charge is 0.393 e. The lowest BCUT2D eigenvalue weighted by molar-refractivity contribution is -0.178. The zero-order valence-electron chi connectivity index (χ0n) is 23.0. The van der Waals surface area contributed by atoms with E-state index in [1.54, 1.807) is 5.57 Å². The second-order valence-electron chi connectivity index (χ2n) is 15.1. The van der Waals surface area contributed by atoms with Crippen LogP contribution in [0.1, 0.15) is 113 Å². The second kappa shape index (κ2) is 7.58. The van der Waals surface area contributed by atoms with Crippen molar-refractivity contribution in [1.29, 1.82) is 0 Å². The molecule has 0 saturated heterocycles. The van der Waals surface area contributed by atoms with Crippen LogP contribution in [0, 0.1) is 50.7 Å². The Morgan fingerprint density at radius 2 is 1.45 bits per heavy atom. The Hall–Kier alpha value is -0.340. The fourth-order valence-corrected chi connectivity index (χ4v) is 11.3. The molecule has 0 radical (unpaired) electrons. The average Bonchev–Trinajstić information content (AvgIpc) is 2.88. The highest BCUT2D eigenvalue weighted by atomic mass is 16.5. The smallest absolute Gasteiger partial charge is 0.0625 e. The lowest BCUT2D eigenvalue weighted by atomic mass is 9.42. The quantitative estimate of drug-likeness (QED) is 0.408. The molecule has 5 aliphatic carbocycles. The van der Waals surface area contributed by atoms with Crippen molar-refractivity contribution in [3.8, 4) is 0 Å². The van der Waals surface area contributed by atoms with Crippen LogP contribution in [-0.4, -0.2) is 24.4 Å². The summed E-state index contributed by atoms with van der Waals surface area (Å²) in [5.74, 6) is 2.91. The molecule has 1 N–H and O–H groups in total. The molecule has 2 heteroatoms. The van der Waals surface area contributed by atoms with Gasteiger partial charge in [-0.15, -0.1) is 0 Å². The van der Waals surface area contributed by atoms with Gasteiger partial charge in [0, 0.05) is 7.11 Å². The van der Waals surface area contributed by atoms with Crippen LogP contribution in [0.2, 0.25) is 0 Å². The molecule has 0 aliphatic heterocycles. The Kier molecular flexibility index (Phi) is 5.60. The Labute approximate surface area is 204 Å². The van der Waals surface area contributed by atoms with Crippen LogP contribution in [0.4, 0.5) is 0 Å². The van der Waals surface area contributed by atoms with Crippen molar-refractivity contribution in [2.45, 2.75) is 125 Å². The summed E-state index contributed by atoms with van der Waals surface area (Å²) in [6.07, 6.45) is 15.7. The van der Waals surface area contributed by atoms with E-state index in [4.69, 9.17) is 4.74 Å². The Morgan fingerprint density at radius 1 is 0.758 bits per heavy atom. The van der Waals surface area contributed by atoms with Crippen LogP contribution >= 0.6 is 0 Å². The lowest BCUT2D eigenvalue weighted by Gasteiger charge is -2.64. The lowest BCUT2D eigenvalue weighted by Crippen LogP contribution is -2.58. The summed E-state index contributed by atoms with van der Waals surface area (Å²) >= 11 is 0. The number of rotatable bonds is 1. The van der Waals surface area contributed by atoms with Crippen LogP contribution in [0.15, 0.2) is 11.6 Å². The maximum absolute atomic E-state index is 10.9. The molecule has 0 aromatic heterocycles. The average molecular weight is 457 g/mol. The Morgan fingerprint density at radius 3 is 2.15 bits per heavy atom. The molecular weight excluding hydrogens is 404 g/mol. The molecule has 4 fully saturated rings. The van der Waals surface area contributed by atoms with Crippen molar-refractivity contribution in [2.75, 3.05) is 7.11 Å². The summed E-state index contributed by atoms with van der Waals surface area (Å²) in [4.78, 5) is 0. The minimum atomic E-state index is -0.144. The number of hydrogen-bond acceptors (Lipinski definition) is 2. The van der Waals surface area contributed by atoms with Crippen LogP contribution in [0.25, 0.3) is 0 Å². The van der Waals surface area contributed by atoms with Crippen molar-refractivity contribution in [1.82, 2.24) is 0 Å². The van der Waals surface area contributed by atoms with Gasteiger partial charge in [-0.1, -0.05) is 60.1 Å². The molecule has 0 amide bonds. The van der Waals surface area contributed by atoms with Crippen molar-refractivity contribution < 1.29 is 9.84 Å². The van der Waals surface area contributed by atoms with Crippen molar-refractivity contribution >= 4 is 0 Å². The Bertz CT molecular complexity index is 810. The van der Waals surface area contributed by atoms with Gasteiger partial charge in [0.15, 0.2) is 0 Å². The van der Waals surface area contributed by atoms with Crippen LogP contribution in [-0.2, 0) is 4.74 Å². The topological polar surface area (TPSA) is 29.5 Å². The molecule has 2 nitrogen and oxygen atoms in total.